The van der Waals surface area contributed by atoms with Crippen LogP contribution in [0.4, 0.5) is 0 Å². The fraction of sp³-hybridized carbons (Fsp3) is 0.318. The summed E-state index contributed by atoms with van der Waals surface area (Å²) in [6, 6.07) is 10.7. The zero-order chi connectivity index (χ0) is 24.1. The van der Waals surface area contributed by atoms with Gasteiger partial charge in [-0.05, 0) is 36.8 Å². The predicted octanol–water partition coefficient (Wildman–Crippen LogP) is 2.30. The van der Waals surface area contributed by atoms with E-state index in [1.54, 1.807) is 42.5 Å². The number of hydrogen-bond acceptors (Lipinski definition) is 6. The summed E-state index contributed by atoms with van der Waals surface area (Å²) in [6.07, 6.45) is -3.26. The molecule has 0 saturated carbocycles. The average Bonchev–Trinajstić information content (AvgIpc) is 3.16. The van der Waals surface area contributed by atoms with Crippen LogP contribution < -0.4 is 15.8 Å². The average molecular weight is 497 g/mol. The Hall–Kier alpha value is -2.85. The van der Waals surface area contributed by atoms with Gasteiger partial charge >= 0.3 is 5.97 Å². The molecular weight excluding hydrogens is 475 g/mol. The summed E-state index contributed by atoms with van der Waals surface area (Å²) in [5, 5.41) is 12.9. The van der Waals surface area contributed by atoms with Crippen LogP contribution in [0.1, 0.15) is 18.1 Å². The molecule has 9 nitrogen and oxygen atoms in total. The van der Waals surface area contributed by atoms with Crippen molar-refractivity contribution in [2.24, 2.45) is 5.73 Å². The highest BCUT2D eigenvalue weighted by atomic mass is 35.5. The normalized spacial score (nSPS) is 20.8. The Kier molecular flexibility index (Phi) is 8.15. The van der Waals surface area contributed by atoms with Gasteiger partial charge in [-0.25, -0.2) is 4.79 Å². The minimum Gasteiger partial charge on any atom is -0.489 e. The lowest BCUT2D eigenvalue weighted by Crippen LogP contribution is -2.49. The number of nitrogens with two attached hydrogens (primary N) is 1. The molecule has 2 aromatic carbocycles. The van der Waals surface area contributed by atoms with E-state index in [0.717, 1.165) is 0 Å². The SMILES string of the molecule is C[C@H]1OC(C(N)=O)O[C@H]1C(=O)N[C@@H](Cc1ccc(OCc2c(Cl)cccc2Cl)cc1)C(=O)O. The molecule has 176 valence electrons. The largest absolute Gasteiger partial charge is 0.489 e. The molecule has 2 aromatic rings. The second-order valence-electron chi connectivity index (χ2n) is 7.37. The molecule has 0 aromatic heterocycles. The van der Waals surface area contributed by atoms with E-state index in [1.165, 1.54) is 6.92 Å². The number of aliphatic carboxylic acids is 1. The summed E-state index contributed by atoms with van der Waals surface area (Å²) in [7, 11) is 0. The van der Waals surface area contributed by atoms with Gasteiger partial charge in [0.15, 0.2) is 6.10 Å². The zero-order valence-corrected chi connectivity index (χ0v) is 19.0. The zero-order valence-electron chi connectivity index (χ0n) is 17.5. The predicted molar refractivity (Wildman–Crippen MR) is 119 cm³/mol. The lowest BCUT2D eigenvalue weighted by atomic mass is 10.1. The van der Waals surface area contributed by atoms with Crippen LogP contribution in [0.2, 0.25) is 10.0 Å². The summed E-state index contributed by atoms with van der Waals surface area (Å²) in [4.78, 5) is 35.4. The van der Waals surface area contributed by atoms with Gasteiger partial charge in [-0.3, -0.25) is 9.59 Å². The van der Waals surface area contributed by atoms with Crippen molar-refractivity contribution in [1.29, 1.82) is 0 Å². The van der Waals surface area contributed by atoms with Gasteiger partial charge in [-0.1, -0.05) is 41.4 Å². The molecule has 0 bridgehead atoms. The number of carbonyl (C=O) groups excluding carboxylic acids is 2. The summed E-state index contributed by atoms with van der Waals surface area (Å²) in [5.41, 5.74) is 6.42. The van der Waals surface area contributed by atoms with E-state index in [-0.39, 0.29) is 13.0 Å². The van der Waals surface area contributed by atoms with Crippen molar-refractivity contribution < 1.29 is 33.7 Å². The molecule has 1 saturated heterocycles. The molecule has 0 spiro atoms. The molecule has 3 rings (SSSR count). The maximum absolute atomic E-state index is 12.5. The van der Waals surface area contributed by atoms with Gasteiger partial charge in [0, 0.05) is 22.0 Å². The summed E-state index contributed by atoms with van der Waals surface area (Å²) in [6.45, 7) is 1.69. The van der Waals surface area contributed by atoms with E-state index >= 15 is 0 Å². The third kappa shape index (κ3) is 6.35. The quantitative estimate of drug-likeness (QED) is 0.484. The molecule has 1 aliphatic rings. The van der Waals surface area contributed by atoms with Crippen LogP contribution >= 0.6 is 23.2 Å². The molecule has 2 amide bonds. The first-order valence-electron chi connectivity index (χ1n) is 9.93. The molecule has 1 fully saturated rings. The Balaban J connectivity index is 1.59. The molecule has 4 atom stereocenters. The number of halogens is 2. The van der Waals surface area contributed by atoms with Crippen LogP contribution in [-0.2, 0) is 36.9 Å². The standard InChI is InChI=1S/C22H22Cl2N2O7/c1-11-18(33-22(32-11)19(25)27)20(28)26-17(21(29)30)9-12-5-7-13(8-6-12)31-10-14-15(23)3-2-4-16(14)24/h2-8,11,17-18,22H,9-10H2,1H3,(H2,25,27)(H,26,28)(H,29,30)/t11-,17+,18-,22?/m1/s1. The van der Waals surface area contributed by atoms with Crippen molar-refractivity contribution in [2.45, 2.75) is 44.5 Å². The van der Waals surface area contributed by atoms with E-state index < -0.39 is 42.3 Å². The lowest BCUT2D eigenvalue weighted by Gasteiger charge is -2.18. The molecule has 1 aliphatic heterocycles. The van der Waals surface area contributed by atoms with Gasteiger partial charge in [0.2, 0.25) is 6.29 Å². The minimum atomic E-state index is -1.35. The van der Waals surface area contributed by atoms with Crippen molar-refractivity contribution in [3.05, 3.63) is 63.6 Å². The van der Waals surface area contributed by atoms with Crippen molar-refractivity contribution >= 4 is 41.0 Å². The van der Waals surface area contributed by atoms with Crippen LogP contribution in [0.5, 0.6) is 5.75 Å². The Morgan fingerprint density at radius 2 is 1.76 bits per heavy atom. The first-order chi connectivity index (χ1) is 15.7. The Bertz CT molecular complexity index is 1010. The maximum Gasteiger partial charge on any atom is 0.326 e. The number of hydrogen-bond donors (Lipinski definition) is 3. The van der Waals surface area contributed by atoms with Crippen LogP contribution in [0.3, 0.4) is 0 Å². The first kappa shape index (κ1) is 24.8. The number of benzene rings is 2. The van der Waals surface area contributed by atoms with Crippen molar-refractivity contribution in [3.63, 3.8) is 0 Å². The third-order valence-corrected chi connectivity index (χ3v) is 5.66. The Labute approximate surface area is 199 Å². The smallest absolute Gasteiger partial charge is 0.326 e. The number of carboxylic acids is 1. The number of carbonyl (C=O) groups is 3. The monoisotopic (exact) mass is 496 g/mol. The van der Waals surface area contributed by atoms with E-state index in [4.69, 9.17) is 43.1 Å². The number of amides is 2. The summed E-state index contributed by atoms with van der Waals surface area (Å²) >= 11 is 12.3. The number of ether oxygens (including phenoxy) is 3. The molecule has 33 heavy (non-hydrogen) atoms. The molecule has 1 unspecified atom stereocenters. The molecule has 11 heteroatoms. The van der Waals surface area contributed by atoms with Crippen molar-refractivity contribution in [1.82, 2.24) is 5.32 Å². The highest BCUT2D eigenvalue weighted by Gasteiger charge is 2.41. The highest BCUT2D eigenvalue weighted by molar-refractivity contribution is 6.35. The van der Waals surface area contributed by atoms with E-state index in [0.29, 0.717) is 26.9 Å². The fourth-order valence-electron chi connectivity index (χ4n) is 3.19. The Morgan fingerprint density at radius 1 is 1.12 bits per heavy atom. The molecular formula is C22H22Cl2N2O7. The van der Waals surface area contributed by atoms with Crippen LogP contribution in [0.25, 0.3) is 0 Å². The molecule has 0 aliphatic carbocycles. The van der Waals surface area contributed by atoms with E-state index in [9.17, 15) is 19.5 Å². The number of rotatable bonds is 9. The third-order valence-electron chi connectivity index (χ3n) is 4.95. The van der Waals surface area contributed by atoms with Crippen LogP contribution in [0, 0.1) is 0 Å². The van der Waals surface area contributed by atoms with Gasteiger partial charge in [0.1, 0.15) is 18.4 Å². The maximum atomic E-state index is 12.5. The second kappa shape index (κ2) is 10.8. The van der Waals surface area contributed by atoms with Crippen LogP contribution in [0.15, 0.2) is 42.5 Å². The minimum absolute atomic E-state index is 0.0128. The summed E-state index contributed by atoms with van der Waals surface area (Å²) in [5.74, 6) is -2.27. The fourth-order valence-corrected chi connectivity index (χ4v) is 3.69. The van der Waals surface area contributed by atoms with Gasteiger partial charge in [0.05, 0.1) is 6.10 Å². The van der Waals surface area contributed by atoms with E-state index in [2.05, 4.69) is 5.32 Å². The lowest BCUT2D eigenvalue weighted by molar-refractivity contribution is -0.151. The molecule has 1 heterocycles. The van der Waals surface area contributed by atoms with Gasteiger partial charge in [-0.15, -0.1) is 0 Å². The highest BCUT2D eigenvalue weighted by Crippen LogP contribution is 2.26. The van der Waals surface area contributed by atoms with Crippen LogP contribution in [-0.4, -0.2) is 47.4 Å². The van der Waals surface area contributed by atoms with Gasteiger partial charge in [-0.2, -0.15) is 0 Å². The van der Waals surface area contributed by atoms with Crippen molar-refractivity contribution in [3.8, 4) is 5.75 Å². The first-order valence-corrected chi connectivity index (χ1v) is 10.7. The van der Waals surface area contributed by atoms with E-state index in [1.807, 2.05) is 0 Å². The topological polar surface area (TPSA) is 137 Å². The van der Waals surface area contributed by atoms with Gasteiger partial charge in [0.25, 0.3) is 11.8 Å². The number of primary amides is 1. The number of carboxylic acid groups (broad SMARTS) is 1. The molecule has 4 N–H and O–H groups in total. The Morgan fingerprint density at radius 3 is 2.30 bits per heavy atom. The summed E-state index contributed by atoms with van der Waals surface area (Å²) < 4.78 is 16.1. The van der Waals surface area contributed by atoms with Gasteiger partial charge < -0.3 is 30.4 Å². The number of nitrogens with one attached hydrogen (secondary N) is 1. The molecule has 0 radical (unpaired) electrons. The second-order valence-corrected chi connectivity index (χ2v) is 8.18. The van der Waals surface area contributed by atoms with Crippen molar-refractivity contribution in [2.75, 3.05) is 0 Å².